The molecule has 2 aromatic heterocycles. The molecule has 1 aromatic carbocycles. The third-order valence-electron chi connectivity index (χ3n) is 3.38. The fourth-order valence-electron chi connectivity index (χ4n) is 2.30. The van der Waals surface area contributed by atoms with E-state index >= 15 is 0 Å². The van der Waals surface area contributed by atoms with E-state index in [2.05, 4.69) is 15.1 Å². The Labute approximate surface area is 152 Å². The van der Waals surface area contributed by atoms with Gasteiger partial charge in [-0.25, -0.2) is 9.97 Å². The molecule has 3 aromatic rings. The molecule has 134 valence electrons. The van der Waals surface area contributed by atoms with Crippen LogP contribution in [0.4, 0.5) is 0 Å². The zero-order chi connectivity index (χ0) is 18.2. The standard InChI is InChI=1S/C19H21N5O2/c1-23(2)22-19(24-12-11-20-15-24)18-17(9-6-10-21-18)26-14-13-25-16-7-4-3-5-8-16/h3-12,15H,13-14H2,1-2H3. The van der Waals surface area contributed by atoms with Crippen molar-refractivity contribution >= 4 is 5.84 Å². The number of para-hydroxylation sites is 1. The molecule has 0 aliphatic carbocycles. The van der Waals surface area contributed by atoms with Crippen LogP contribution in [0.1, 0.15) is 5.69 Å². The molecule has 7 nitrogen and oxygen atoms in total. The van der Waals surface area contributed by atoms with Gasteiger partial charge in [-0.1, -0.05) is 18.2 Å². The number of hydrogen-bond donors (Lipinski definition) is 0. The van der Waals surface area contributed by atoms with E-state index < -0.39 is 0 Å². The zero-order valence-electron chi connectivity index (χ0n) is 14.8. The van der Waals surface area contributed by atoms with Gasteiger partial charge in [0.2, 0.25) is 0 Å². The highest BCUT2D eigenvalue weighted by Crippen LogP contribution is 2.18. The highest BCUT2D eigenvalue weighted by atomic mass is 16.5. The lowest BCUT2D eigenvalue weighted by atomic mass is 10.3. The summed E-state index contributed by atoms with van der Waals surface area (Å²) in [5, 5.41) is 6.24. The number of hydrogen-bond acceptors (Lipinski definition) is 6. The van der Waals surface area contributed by atoms with E-state index in [1.807, 2.05) is 62.8 Å². The maximum Gasteiger partial charge on any atom is 0.187 e. The topological polar surface area (TPSA) is 64.8 Å². The van der Waals surface area contributed by atoms with Crippen LogP contribution in [-0.2, 0) is 0 Å². The average Bonchev–Trinajstić information content (AvgIpc) is 3.19. The first kappa shape index (κ1) is 17.5. The Morgan fingerprint density at radius 1 is 1.04 bits per heavy atom. The second kappa shape index (κ2) is 8.66. The smallest absolute Gasteiger partial charge is 0.187 e. The number of benzene rings is 1. The summed E-state index contributed by atoms with van der Waals surface area (Å²) in [6, 6.07) is 13.3. The van der Waals surface area contributed by atoms with Crippen LogP contribution in [-0.4, -0.2) is 52.7 Å². The molecule has 0 bridgehead atoms. The maximum absolute atomic E-state index is 5.90. The zero-order valence-corrected chi connectivity index (χ0v) is 14.8. The van der Waals surface area contributed by atoms with Gasteiger partial charge < -0.3 is 14.5 Å². The molecule has 0 aliphatic heterocycles. The Bertz CT molecular complexity index is 832. The highest BCUT2D eigenvalue weighted by molar-refractivity contribution is 6.00. The van der Waals surface area contributed by atoms with Gasteiger partial charge in [0.25, 0.3) is 0 Å². The Kier molecular flexibility index (Phi) is 5.82. The summed E-state index contributed by atoms with van der Waals surface area (Å²) in [6.07, 6.45) is 6.91. The van der Waals surface area contributed by atoms with E-state index in [9.17, 15) is 0 Å². The predicted octanol–water partition coefficient (Wildman–Crippen LogP) is 2.51. The molecule has 0 saturated heterocycles. The van der Waals surface area contributed by atoms with E-state index in [4.69, 9.17) is 9.47 Å². The van der Waals surface area contributed by atoms with Gasteiger partial charge in [-0.2, -0.15) is 5.10 Å². The molecule has 0 fully saturated rings. The fraction of sp³-hybridized carbons (Fsp3) is 0.211. The number of hydrazone groups is 1. The Morgan fingerprint density at radius 3 is 2.58 bits per heavy atom. The average molecular weight is 351 g/mol. The fourth-order valence-corrected chi connectivity index (χ4v) is 2.30. The van der Waals surface area contributed by atoms with Gasteiger partial charge in [0.05, 0.1) is 0 Å². The Hall–Kier alpha value is -3.35. The summed E-state index contributed by atoms with van der Waals surface area (Å²) < 4.78 is 13.4. The lowest BCUT2D eigenvalue weighted by molar-refractivity contribution is 0.216. The lowest BCUT2D eigenvalue weighted by Crippen LogP contribution is -2.20. The summed E-state index contributed by atoms with van der Waals surface area (Å²) in [5.74, 6) is 2.08. The van der Waals surface area contributed by atoms with Gasteiger partial charge >= 0.3 is 0 Å². The molecule has 0 N–H and O–H groups in total. The monoisotopic (exact) mass is 351 g/mol. The molecule has 7 heteroatoms. The molecule has 3 rings (SSSR count). The van der Waals surface area contributed by atoms with Crippen LogP contribution >= 0.6 is 0 Å². The molecular formula is C19H21N5O2. The highest BCUT2D eigenvalue weighted by Gasteiger charge is 2.15. The minimum Gasteiger partial charge on any atom is -0.490 e. The molecule has 2 heterocycles. The second-order valence-electron chi connectivity index (χ2n) is 5.60. The molecule has 0 atom stereocenters. The number of pyridine rings is 1. The van der Waals surface area contributed by atoms with Crippen LogP contribution in [0.3, 0.4) is 0 Å². The van der Waals surface area contributed by atoms with Gasteiger partial charge in [0.15, 0.2) is 5.84 Å². The quantitative estimate of drug-likeness (QED) is 0.283. The van der Waals surface area contributed by atoms with E-state index in [-0.39, 0.29) is 0 Å². The Balaban J connectivity index is 1.72. The molecule has 26 heavy (non-hydrogen) atoms. The van der Waals surface area contributed by atoms with Crippen molar-refractivity contribution in [3.8, 4) is 11.5 Å². The largest absolute Gasteiger partial charge is 0.490 e. The molecule has 0 unspecified atom stereocenters. The first-order chi connectivity index (χ1) is 12.7. The van der Waals surface area contributed by atoms with Crippen LogP contribution in [0.2, 0.25) is 0 Å². The second-order valence-corrected chi connectivity index (χ2v) is 5.60. The van der Waals surface area contributed by atoms with E-state index in [1.165, 1.54) is 0 Å². The van der Waals surface area contributed by atoms with Gasteiger partial charge in [-0.15, -0.1) is 0 Å². The van der Waals surface area contributed by atoms with Crippen molar-refractivity contribution < 1.29 is 9.47 Å². The molecule has 0 spiro atoms. The molecular weight excluding hydrogens is 330 g/mol. The van der Waals surface area contributed by atoms with E-state index in [1.54, 1.807) is 28.3 Å². The van der Waals surface area contributed by atoms with Gasteiger partial charge in [0.1, 0.15) is 36.7 Å². The van der Waals surface area contributed by atoms with Crippen molar-refractivity contribution in [2.45, 2.75) is 0 Å². The van der Waals surface area contributed by atoms with Crippen LogP contribution < -0.4 is 9.47 Å². The van der Waals surface area contributed by atoms with Crippen LogP contribution in [0.5, 0.6) is 11.5 Å². The number of ether oxygens (including phenoxy) is 2. The van der Waals surface area contributed by atoms with Gasteiger partial charge in [0, 0.05) is 32.7 Å². The summed E-state index contributed by atoms with van der Waals surface area (Å²) in [5.41, 5.74) is 0.638. The van der Waals surface area contributed by atoms with Gasteiger partial charge in [-0.3, -0.25) is 4.57 Å². The van der Waals surface area contributed by atoms with E-state index in [0.29, 0.717) is 30.5 Å². The Morgan fingerprint density at radius 2 is 1.85 bits per heavy atom. The normalized spacial score (nSPS) is 11.2. The van der Waals surface area contributed by atoms with Crippen LogP contribution in [0, 0.1) is 0 Å². The molecule has 0 radical (unpaired) electrons. The summed E-state index contributed by atoms with van der Waals surface area (Å²) in [6.45, 7) is 0.830. The molecule has 0 saturated carbocycles. The predicted molar refractivity (Wildman–Crippen MR) is 99.5 cm³/mol. The summed E-state index contributed by atoms with van der Waals surface area (Å²) in [4.78, 5) is 8.54. The van der Waals surface area contributed by atoms with Crippen molar-refractivity contribution in [1.82, 2.24) is 19.5 Å². The number of rotatable bonds is 7. The molecule has 0 aliphatic rings. The van der Waals surface area contributed by atoms with Crippen molar-refractivity contribution in [2.75, 3.05) is 27.3 Å². The lowest BCUT2D eigenvalue weighted by Gasteiger charge is -2.15. The van der Waals surface area contributed by atoms with Crippen LogP contribution in [0.15, 0.2) is 72.5 Å². The van der Waals surface area contributed by atoms with Gasteiger partial charge in [-0.05, 0) is 24.3 Å². The third-order valence-corrected chi connectivity index (χ3v) is 3.38. The van der Waals surface area contributed by atoms with E-state index in [0.717, 1.165) is 5.75 Å². The van der Waals surface area contributed by atoms with Crippen LogP contribution in [0.25, 0.3) is 0 Å². The first-order valence-corrected chi connectivity index (χ1v) is 8.24. The van der Waals surface area contributed by atoms with Crippen molar-refractivity contribution in [2.24, 2.45) is 5.10 Å². The first-order valence-electron chi connectivity index (χ1n) is 8.24. The maximum atomic E-state index is 5.90. The van der Waals surface area contributed by atoms with Crippen molar-refractivity contribution in [3.63, 3.8) is 0 Å². The summed E-state index contributed by atoms with van der Waals surface area (Å²) >= 11 is 0. The van der Waals surface area contributed by atoms with Crippen molar-refractivity contribution in [1.29, 1.82) is 0 Å². The number of nitrogens with zero attached hydrogens (tertiary/aromatic N) is 5. The number of aromatic nitrogens is 3. The third kappa shape index (κ3) is 4.60. The summed E-state index contributed by atoms with van der Waals surface area (Å²) in [7, 11) is 3.71. The SMILES string of the molecule is CN(C)N=C(c1ncccc1OCCOc1ccccc1)n1ccnc1. The minimum atomic E-state index is 0.396. The number of imidazole rings is 1. The minimum absolute atomic E-state index is 0.396. The molecule has 0 amide bonds. The van der Waals surface area contributed by atoms with Crippen molar-refractivity contribution in [3.05, 3.63) is 73.1 Å².